The molecule has 3 aliphatic rings. The summed E-state index contributed by atoms with van der Waals surface area (Å²) in [5.41, 5.74) is 0.955. The molecule has 1 aromatic heterocycles. The molecule has 0 bridgehead atoms. The molecule has 1 saturated heterocycles. The van der Waals surface area contributed by atoms with Crippen LogP contribution in [0.1, 0.15) is 53.7 Å². The van der Waals surface area contributed by atoms with E-state index < -0.39 is 23.4 Å². The van der Waals surface area contributed by atoms with Crippen LogP contribution in [0.5, 0.6) is 0 Å². The zero-order valence-corrected chi connectivity index (χ0v) is 18.7. The molecule has 2 N–H and O–H groups in total. The second-order valence-electron chi connectivity index (χ2n) is 9.20. The zero-order chi connectivity index (χ0) is 23.2. The smallest absolute Gasteiger partial charge is 0.281 e. The molecule has 5 rings (SSSR count). The van der Waals surface area contributed by atoms with Gasteiger partial charge in [-0.3, -0.25) is 14.6 Å². The Morgan fingerprint density at radius 3 is 2.64 bits per heavy atom. The number of para-hydroxylation sites is 1. The van der Waals surface area contributed by atoms with Gasteiger partial charge in [0.25, 0.3) is 12.3 Å². The number of amides is 2. The lowest BCUT2D eigenvalue weighted by molar-refractivity contribution is -0.125. The van der Waals surface area contributed by atoms with Crippen molar-refractivity contribution in [2.24, 2.45) is 5.92 Å². The molecule has 6 nitrogen and oxygen atoms in total. The lowest BCUT2D eigenvalue weighted by atomic mass is 9.76. The highest BCUT2D eigenvalue weighted by molar-refractivity contribution is 6.30. The molecule has 9 heteroatoms. The summed E-state index contributed by atoms with van der Waals surface area (Å²) in [6.07, 6.45) is 1.41. The van der Waals surface area contributed by atoms with Gasteiger partial charge in [-0.05, 0) is 49.3 Å². The molecule has 2 aliphatic heterocycles. The molecular weight excluding hydrogens is 450 g/mol. The fourth-order valence-corrected chi connectivity index (χ4v) is 5.47. The van der Waals surface area contributed by atoms with Gasteiger partial charge in [-0.1, -0.05) is 29.8 Å². The number of anilines is 1. The van der Waals surface area contributed by atoms with Gasteiger partial charge >= 0.3 is 0 Å². The molecule has 1 aromatic carbocycles. The van der Waals surface area contributed by atoms with E-state index in [1.54, 1.807) is 0 Å². The average molecular weight is 475 g/mol. The summed E-state index contributed by atoms with van der Waals surface area (Å²) in [5.74, 6) is -0.0829. The van der Waals surface area contributed by atoms with Crippen LogP contribution in [-0.4, -0.2) is 42.5 Å². The molecule has 0 radical (unpaired) electrons. The van der Waals surface area contributed by atoms with E-state index in [0.29, 0.717) is 25.6 Å². The van der Waals surface area contributed by atoms with E-state index in [1.165, 1.54) is 6.07 Å². The number of halogens is 3. The first-order valence-corrected chi connectivity index (χ1v) is 11.6. The molecule has 2 aromatic rings. The Morgan fingerprint density at radius 1 is 1.24 bits per heavy atom. The minimum Gasteiger partial charge on any atom is -0.349 e. The third kappa shape index (κ3) is 3.89. The van der Waals surface area contributed by atoms with Crippen LogP contribution >= 0.6 is 11.6 Å². The van der Waals surface area contributed by atoms with Gasteiger partial charge in [-0.2, -0.15) is 0 Å². The molecule has 0 atom stereocenters. The molecule has 1 spiro atoms. The predicted molar refractivity (Wildman–Crippen MR) is 121 cm³/mol. The van der Waals surface area contributed by atoms with Gasteiger partial charge in [0.2, 0.25) is 5.91 Å². The fraction of sp³-hybridized carbons (Fsp3) is 0.458. The lowest BCUT2D eigenvalue weighted by Gasteiger charge is -2.38. The SMILES string of the molecule is O=C(NC1CCC(CN2C(=O)C3(CNC3)c3ccccc32)CC1)c1cc(Cl)cnc1C(F)F. The van der Waals surface area contributed by atoms with Gasteiger partial charge in [0.05, 0.1) is 10.6 Å². The highest BCUT2D eigenvalue weighted by atomic mass is 35.5. The summed E-state index contributed by atoms with van der Waals surface area (Å²) in [5, 5.41) is 6.25. The first-order chi connectivity index (χ1) is 15.9. The van der Waals surface area contributed by atoms with Crippen LogP contribution in [0.3, 0.4) is 0 Å². The monoisotopic (exact) mass is 474 g/mol. The number of hydrogen-bond donors (Lipinski definition) is 2. The maximum absolute atomic E-state index is 13.3. The molecule has 2 amide bonds. The second kappa shape index (κ2) is 8.65. The van der Waals surface area contributed by atoms with Crippen molar-refractivity contribution in [3.05, 3.63) is 58.4 Å². The Bertz CT molecular complexity index is 1080. The molecule has 1 saturated carbocycles. The topological polar surface area (TPSA) is 74.3 Å². The Hall–Kier alpha value is -2.58. The number of nitrogens with one attached hydrogen (secondary N) is 2. The number of benzene rings is 1. The number of carbonyl (C=O) groups is 2. The second-order valence-corrected chi connectivity index (χ2v) is 9.63. The van der Waals surface area contributed by atoms with Crippen molar-refractivity contribution in [3.63, 3.8) is 0 Å². The molecule has 3 heterocycles. The van der Waals surface area contributed by atoms with Gasteiger partial charge in [-0.25, -0.2) is 8.78 Å². The van der Waals surface area contributed by atoms with E-state index in [0.717, 1.165) is 43.1 Å². The van der Waals surface area contributed by atoms with E-state index in [1.807, 2.05) is 23.1 Å². The maximum atomic E-state index is 13.3. The van der Waals surface area contributed by atoms with Gasteiger partial charge in [0.1, 0.15) is 11.1 Å². The number of aromatic nitrogens is 1. The summed E-state index contributed by atoms with van der Waals surface area (Å²) in [7, 11) is 0. The van der Waals surface area contributed by atoms with E-state index in [2.05, 4.69) is 21.7 Å². The fourth-order valence-electron chi connectivity index (χ4n) is 5.31. The van der Waals surface area contributed by atoms with Crippen LogP contribution in [0.15, 0.2) is 36.5 Å². The van der Waals surface area contributed by atoms with E-state index in [4.69, 9.17) is 11.6 Å². The van der Waals surface area contributed by atoms with Gasteiger partial charge in [-0.15, -0.1) is 0 Å². The van der Waals surface area contributed by atoms with E-state index in [-0.39, 0.29) is 22.5 Å². The number of rotatable bonds is 5. The number of hydrogen-bond acceptors (Lipinski definition) is 4. The third-order valence-electron chi connectivity index (χ3n) is 7.18. The highest BCUT2D eigenvalue weighted by Crippen LogP contribution is 2.45. The summed E-state index contributed by atoms with van der Waals surface area (Å²) in [4.78, 5) is 31.5. The maximum Gasteiger partial charge on any atom is 0.281 e. The molecule has 174 valence electrons. The zero-order valence-electron chi connectivity index (χ0n) is 18.0. The van der Waals surface area contributed by atoms with Crippen molar-refractivity contribution >= 4 is 29.1 Å². The van der Waals surface area contributed by atoms with Crippen molar-refractivity contribution < 1.29 is 18.4 Å². The summed E-state index contributed by atoms with van der Waals surface area (Å²) in [6, 6.07) is 9.15. The van der Waals surface area contributed by atoms with E-state index >= 15 is 0 Å². The normalized spacial score (nSPS) is 23.5. The van der Waals surface area contributed by atoms with Crippen molar-refractivity contribution in [1.29, 1.82) is 0 Å². The summed E-state index contributed by atoms with van der Waals surface area (Å²) in [6.45, 7) is 2.01. The average Bonchev–Trinajstić information content (AvgIpc) is 3.03. The van der Waals surface area contributed by atoms with Crippen LogP contribution in [0, 0.1) is 5.92 Å². The Labute approximate surface area is 195 Å². The molecule has 1 aliphatic carbocycles. The Kier molecular flexibility index (Phi) is 5.82. The van der Waals surface area contributed by atoms with Crippen molar-refractivity contribution in [2.75, 3.05) is 24.5 Å². The summed E-state index contributed by atoms with van der Waals surface area (Å²) < 4.78 is 26.5. The van der Waals surface area contributed by atoms with Crippen LogP contribution in [-0.2, 0) is 10.2 Å². The highest BCUT2D eigenvalue weighted by Gasteiger charge is 2.54. The predicted octanol–water partition coefficient (Wildman–Crippen LogP) is 3.85. The van der Waals surface area contributed by atoms with Crippen LogP contribution < -0.4 is 15.5 Å². The third-order valence-corrected chi connectivity index (χ3v) is 7.38. The quantitative estimate of drug-likeness (QED) is 0.690. The number of fused-ring (bicyclic) bond motifs is 2. The standard InChI is InChI=1S/C24H25ClF2N4O2/c25-15-9-17(20(21(26)27)29-10-15)22(32)30-16-7-5-14(6-8-16)11-31-19-4-2-1-3-18(19)24(23(31)33)12-28-13-24/h1-4,9-10,14,16,21,28H,5-8,11-13H2,(H,30,32). The number of nitrogens with zero attached hydrogens (tertiary/aromatic N) is 2. The van der Waals surface area contributed by atoms with Crippen LogP contribution in [0.4, 0.5) is 14.5 Å². The van der Waals surface area contributed by atoms with Crippen molar-refractivity contribution in [2.45, 2.75) is 43.6 Å². The van der Waals surface area contributed by atoms with E-state index in [9.17, 15) is 18.4 Å². The van der Waals surface area contributed by atoms with Gasteiger partial charge in [0.15, 0.2) is 0 Å². The molecular formula is C24H25ClF2N4O2. The van der Waals surface area contributed by atoms with Crippen LogP contribution in [0.2, 0.25) is 5.02 Å². The summed E-state index contributed by atoms with van der Waals surface area (Å²) >= 11 is 5.87. The number of pyridine rings is 1. The van der Waals surface area contributed by atoms with Crippen molar-refractivity contribution in [3.8, 4) is 0 Å². The largest absolute Gasteiger partial charge is 0.349 e. The van der Waals surface area contributed by atoms with Crippen molar-refractivity contribution in [1.82, 2.24) is 15.6 Å². The minimum atomic E-state index is -2.85. The Morgan fingerprint density at radius 2 is 1.97 bits per heavy atom. The molecule has 0 unspecified atom stereocenters. The lowest BCUT2D eigenvalue weighted by Crippen LogP contribution is -2.62. The van der Waals surface area contributed by atoms with Gasteiger partial charge in [0, 0.05) is 37.6 Å². The first-order valence-electron chi connectivity index (χ1n) is 11.3. The first kappa shape index (κ1) is 22.2. The number of carbonyl (C=O) groups excluding carboxylic acids is 2. The minimum absolute atomic E-state index is 0.109. The molecule has 33 heavy (non-hydrogen) atoms. The van der Waals surface area contributed by atoms with Crippen LogP contribution in [0.25, 0.3) is 0 Å². The Balaban J connectivity index is 1.21. The molecule has 2 fully saturated rings. The van der Waals surface area contributed by atoms with Gasteiger partial charge < -0.3 is 15.5 Å². The number of alkyl halides is 2.